The van der Waals surface area contributed by atoms with Crippen LogP contribution in [0.1, 0.15) is 19.8 Å². The van der Waals surface area contributed by atoms with Crippen LogP contribution in [-0.2, 0) is 4.79 Å². The van der Waals surface area contributed by atoms with Crippen LogP contribution in [0.5, 0.6) is 0 Å². The molecule has 2 rings (SSSR count). The molecule has 0 N–H and O–H groups in total. The molecule has 0 aliphatic carbocycles. The van der Waals surface area contributed by atoms with E-state index in [1.165, 1.54) is 11.5 Å². The third-order valence-electron chi connectivity index (χ3n) is 2.69. The molecule has 1 aromatic rings. The first-order valence-corrected chi connectivity index (χ1v) is 5.57. The van der Waals surface area contributed by atoms with Gasteiger partial charge in [0.25, 0.3) is 0 Å². The lowest BCUT2D eigenvalue weighted by atomic mass is 9.94. The Hall–Kier alpha value is -0.970. The van der Waals surface area contributed by atoms with Crippen LogP contribution in [0, 0.1) is 5.92 Å². The standard InChI is InChI=1S/C9H13N3OS/c1-7(13)8-2-4-12(5-3-8)9-10-6-11-14-9/h6,8H,2-5H2,1H3. The summed E-state index contributed by atoms with van der Waals surface area (Å²) < 4.78 is 3.97. The molecule has 2 heterocycles. The van der Waals surface area contributed by atoms with Gasteiger partial charge in [-0.15, -0.1) is 0 Å². The van der Waals surface area contributed by atoms with E-state index in [1.54, 1.807) is 13.3 Å². The number of carbonyl (C=O) groups excluding carboxylic acids is 1. The van der Waals surface area contributed by atoms with Gasteiger partial charge in [0.2, 0.25) is 5.13 Å². The van der Waals surface area contributed by atoms with Crippen LogP contribution in [-0.4, -0.2) is 28.2 Å². The Morgan fingerprint density at radius 1 is 1.57 bits per heavy atom. The van der Waals surface area contributed by atoms with Gasteiger partial charge >= 0.3 is 0 Å². The van der Waals surface area contributed by atoms with Crippen LogP contribution in [0.15, 0.2) is 6.33 Å². The summed E-state index contributed by atoms with van der Waals surface area (Å²) in [7, 11) is 0. The lowest BCUT2D eigenvalue weighted by Crippen LogP contribution is -2.35. The summed E-state index contributed by atoms with van der Waals surface area (Å²) in [4.78, 5) is 17.5. The number of rotatable bonds is 2. The van der Waals surface area contributed by atoms with Crippen LogP contribution in [0.3, 0.4) is 0 Å². The summed E-state index contributed by atoms with van der Waals surface area (Å²) >= 11 is 1.42. The van der Waals surface area contributed by atoms with Crippen molar-refractivity contribution in [2.45, 2.75) is 19.8 Å². The normalized spacial score (nSPS) is 18.5. The average Bonchev–Trinajstić information content (AvgIpc) is 2.71. The average molecular weight is 211 g/mol. The zero-order valence-electron chi connectivity index (χ0n) is 8.14. The molecule has 1 aromatic heterocycles. The van der Waals surface area contributed by atoms with Crippen LogP contribution >= 0.6 is 11.5 Å². The van der Waals surface area contributed by atoms with Crippen molar-refractivity contribution in [2.24, 2.45) is 5.92 Å². The number of aromatic nitrogens is 2. The van der Waals surface area contributed by atoms with Gasteiger partial charge in [-0.3, -0.25) is 4.79 Å². The van der Waals surface area contributed by atoms with Gasteiger partial charge in [-0.05, 0) is 19.8 Å². The fraction of sp³-hybridized carbons (Fsp3) is 0.667. The quantitative estimate of drug-likeness (QED) is 0.740. The molecule has 14 heavy (non-hydrogen) atoms. The van der Waals surface area contributed by atoms with Crippen LogP contribution < -0.4 is 4.90 Å². The van der Waals surface area contributed by atoms with Crippen LogP contribution in [0.4, 0.5) is 5.13 Å². The van der Waals surface area contributed by atoms with E-state index in [9.17, 15) is 4.79 Å². The van der Waals surface area contributed by atoms with Crippen molar-refractivity contribution in [3.8, 4) is 0 Å². The van der Waals surface area contributed by atoms with Gasteiger partial charge in [0.05, 0.1) is 0 Å². The largest absolute Gasteiger partial charge is 0.347 e. The number of nitrogens with zero attached hydrogens (tertiary/aromatic N) is 3. The molecule has 4 nitrogen and oxygen atoms in total. The van der Waals surface area contributed by atoms with Gasteiger partial charge < -0.3 is 4.90 Å². The van der Waals surface area contributed by atoms with Crippen LogP contribution in [0.2, 0.25) is 0 Å². The minimum absolute atomic E-state index is 0.263. The first-order chi connectivity index (χ1) is 6.77. The molecule has 0 aromatic carbocycles. The maximum atomic E-state index is 11.1. The lowest BCUT2D eigenvalue weighted by Gasteiger charge is -2.30. The van der Waals surface area contributed by atoms with E-state index in [4.69, 9.17) is 0 Å². The summed E-state index contributed by atoms with van der Waals surface area (Å²) in [5.74, 6) is 0.584. The zero-order chi connectivity index (χ0) is 9.97. The SMILES string of the molecule is CC(=O)C1CCN(c2ncns2)CC1. The Balaban J connectivity index is 1.93. The topological polar surface area (TPSA) is 46.1 Å². The molecule has 1 fully saturated rings. The molecule has 0 unspecified atom stereocenters. The second-order valence-corrected chi connectivity index (χ2v) is 4.35. The number of Topliss-reactive ketones (excluding diaryl/α,β-unsaturated/α-hetero) is 1. The minimum atomic E-state index is 0.263. The maximum Gasteiger partial charge on any atom is 0.204 e. The van der Waals surface area contributed by atoms with Gasteiger partial charge in [0, 0.05) is 30.5 Å². The van der Waals surface area contributed by atoms with Gasteiger partial charge in [-0.25, -0.2) is 4.98 Å². The highest BCUT2D eigenvalue weighted by Gasteiger charge is 2.23. The molecule has 0 atom stereocenters. The maximum absolute atomic E-state index is 11.1. The summed E-state index contributed by atoms with van der Waals surface area (Å²) in [6.07, 6.45) is 3.49. The fourth-order valence-electron chi connectivity index (χ4n) is 1.78. The molecule has 0 spiro atoms. The monoisotopic (exact) mass is 211 g/mol. The molecule has 0 bridgehead atoms. The number of ketones is 1. The van der Waals surface area contributed by atoms with E-state index < -0.39 is 0 Å². The molecule has 0 radical (unpaired) electrons. The highest BCUT2D eigenvalue weighted by atomic mass is 32.1. The molecular weight excluding hydrogens is 198 g/mol. The molecule has 5 heteroatoms. The van der Waals surface area contributed by atoms with E-state index >= 15 is 0 Å². The zero-order valence-corrected chi connectivity index (χ0v) is 8.96. The van der Waals surface area contributed by atoms with Crippen molar-refractivity contribution >= 4 is 22.4 Å². The molecule has 0 amide bonds. The Bertz CT molecular complexity index is 304. The molecular formula is C9H13N3OS. The molecule has 1 aliphatic rings. The highest BCUT2D eigenvalue weighted by molar-refractivity contribution is 7.09. The summed E-state index contributed by atoms with van der Waals surface area (Å²) in [6.45, 7) is 3.55. The van der Waals surface area contributed by atoms with Crippen molar-refractivity contribution in [3.05, 3.63) is 6.33 Å². The van der Waals surface area contributed by atoms with Crippen LogP contribution in [0.25, 0.3) is 0 Å². The Morgan fingerprint density at radius 3 is 2.79 bits per heavy atom. The number of hydrogen-bond donors (Lipinski definition) is 0. The second-order valence-electron chi connectivity index (χ2n) is 3.60. The number of anilines is 1. The Morgan fingerprint density at radius 2 is 2.29 bits per heavy atom. The summed E-state index contributed by atoms with van der Waals surface area (Å²) in [6, 6.07) is 0. The predicted molar refractivity (Wildman–Crippen MR) is 55.5 cm³/mol. The number of piperidine rings is 1. The van der Waals surface area contributed by atoms with E-state index in [0.717, 1.165) is 31.1 Å². The molecule has 0 saturated carbocycles. The fourth-order valence-corrected chi connectivity index (χ4v) is 2.36. The van der Waals surface area contributed by atoms with E-state index in [0.29, 0.717) is 5.78 Å². The van der Waals surface area contributed by atoms with Crippen molar-refractivity contribution in [1.29, 1.82) is 0 Å². The van der Waals surface area contributed by atoms with Gasteiger partial charge in [0.15, 0.2) is 0 Å². The first kappa shape index (κ1) is 9.58. The predicted octanol–water partition coefficient (Wildman–Crippen LogP) is 1.34. The van der Waals surface area contributed by atoms with Crippen molar-refractivity contribution < 1.29 is 4.79 Å². The number of carbonyl (C=O) groups is 1. The van der Waals surface area contributed by atoms with Gasteiger partial charge in [-0.1, -0.05) is 0 Å². The highest BCUT2D eigenvalue weighted by Crippen LogP contribution is 2.23. The Kier molecular flexibility index (Phi) is 2.77. The van der Waals surface area contributed by atoms with Crippen molar-refractivity contribution in [1.82, 2.24) is 9.36 Å². The summed E-state index contributed by atoms with van der Waals surface area (Å²) in [5.41, 5.74) is 0. The third kappa shape index (κ3) is 1.92. The molecule has 1 aliphatic heterocycles. The second kappa shape index (κ2) is 4.04. The molecule has 76 valence electrons. The number of hydrogen-bond acceptors (Lipinski definition) is 5. The molecule has 1 saturated heterocycles. The smallest absolute Gasteiger partial charge is 0.204 e. The lowest BCUT2D eigenvalue weighted by molar-refractivity contribution is -0.121. The third-order valence-corrected chi connectivity index (χ3v) is 3.42. The van der Waals surface area contributed by atoms with Gasteiger partial charge in [-0.2, -0.15) is 4.37 Å². The minimum Gasteiger partial charge on any atom is -0.347 e. The van der Waals surface area contributed by atoms with E-state index in [1.807, 2.05) is 0 Å². The van der Waals surface area contributed by atoms with Crippen molar-refractivity contribution in [3.63, 3.8) is 0 Å². The van der Waals surface area contributed by atoms with E-state index in [2.05, 4.69) is 14.3 Å². The van der Waals surface area contributed by atoms with Gasteiger partial charge in [0.1, 0.15) is 12.1 Å². The van der Waals surface area contributed by atoms with E-state index in [-0.39, 0.29) is 5.92 Å². The summed E-state index contributed by atoms with van der Waals surface area (Å²) in [5, 5.41) is 0.979. The first-order valence-electron chi connectivity index (χ1n) is 4.79. The van der Waals surface area contributed by atoms with Crippen molar-refractivity contribution in [2.75, 3.05) is 18.0 Å². The Labute approximate surface area is 87.1 Å².